The van der Waals surface area contributed by atoms with Gasteiger partial charge >= 0.3 is 5.97 Å². The minimum atomic E-state index is -0.708. The summed E-state index contributed by atoms with van der Waals surface area (Å²) in [6.07, 6.45) is 6.08. The first kappa shape index (κ1) is 18.8. The molecule has 5 rings (SSSR count). The Labute approximate surface area is 178 Å². The zero-order valence-corrected chi connectivity index (χ0v) is 17.6. The van der Waals surface area contributed by atoms with Gasteiger partial charge in [0.05, 0.1) is 11.3 Å². The molecule has 1 aromatic carbocycles. The van der Waals surface area contributed by atoms with E-state index in [0.717, 1.165) is 28.0 Å². The number of carboxylic acids is 1. The maximum Gasteiger partial charge on any atom is 0.306 e. The van der Waals surface area contributed by atoms with E-state index in [9.17, 15) is 9.90 Å². The van der Waals surface area contributed by atoms with E-state index in [1.54, 1.807) is 11.3 Å². The number of hydrogen-bond acceptors (Lipinski definition) is 5. The number of halogens is 1. The molecular weight excluding hydrogens is 406 g/mol. The number of benzene rings is 1. The molecule has 0 spiro atoms. The maximum atomic E-state index is 11.3. The van der Waals surface area contributed by atoms with Crippen LogP contribution in [-0.4, -0.2) is 34.1 Å². The summed E-state index contributed by atoms with van der Waals surface area (Å²) in [5.41, 5.74) is 5.26. The summed E-state index contributed by atoms with van der Waals surface area (Å²) in [5, 5.41) is 12.7. The van der Waals surface area contributed by atoms with Crippen LogP contribution in [0.1, 0.15) is 36.8 Å². The molecule has 1 aliphatic heterocycles. The van der Waals surface area contributed by atoms with Gasteiger partial charge < -0.3 is 10.0 Å². The van der Waals surface area contributed by atoms with Crippen LogP contribution in [0.4, 0.5) is 5.82 Å². The van der Waals surface area contributed by atoms with Gasteiger partial charge in [-0.05, 0) is 66.8 Å². The van der Waals surface area contributed by atoms with Gasteiger partial charge in [0.25, 0.3) is 0 Å². The first-order valence-corrected chi connectivity index (χ1v) is 11.4. The molecule has 150 valence electrons. The average molecular weight is 428 g/mol. The predicted molar refractivity (Wildman–Crippen MR) is 117 cm³/mol. The minimum Gasteiger partial charge on any atom is -0.481 e. The van der Waals surface area contributed by atoms with Crippen LogP contribution >= 0.6 is 22.9 Å². The number of rotatable bonds is 3. The Hall–Kier alpha value is -2.18. The molecule has 0 unspecified atom stereocenters. The van der Waals surface area contributed by atoms with Crippen molar-refractivity contribution in [1.29, 1.82) is 0 Å². The third-order valence-corrected chi connectivity index (χ3v) is 7.23. The highest BCUT2D eigenvalue weighted by Gasteiger charge is 2.27. The van der Waals surface area contributed by atoms with Crippen LogP contribution in [0.25, 0.3) is 21.3 Å². The van der Waals surface area contributed by atoms with Crippen LogP contribution in [-0.2, 0) is 17.6 Å². The van der Waals surface area contributed by atoms with Gasteiger partial charge in [0.15, 0.2) is 0 Å². The fraction of sp³-hybridized carbons (Fsp3) is 0.409. The highest BCUT2D eigenvalue weighted by atomic mass is 35.5. The summed E-state index contributed by atoms with van der Waals surface area (Å²) in [4.78, 5) is 23.4. The lowest BCUT2D eigenvalue weighted by atomic mass is 9.89. The third kappa shape index (κ3) is 3.49. The SMILES string of the molecule is O=C(O)C1CCN(c2nc(Cl)nc3scc(-c4ccc5c(c4)CCCC5)c23)CC1. The molecule has 2 aliphatic rings. The summed E-state index contributed by atoms with van der Waals surface area (Å²) in [7, 11) is 0. The zero-order valence-electron chi connectivity index (χ0n) is 16.0. The van der Waals surface area contributed by atoms with Crippen molar-refractivity contribution in [2.45, 2.75) is 38.5 Å². The van der Waals surface area contributed by atoms with Crippen molar-refractivity contribution >= 4 is 44.9 Å². The van der Waals surface area contributed by atoms with Crippen molar-refractivity contribution in [3.63, 3.8) is 0 Å². The first-order chi connectivity index (χ1) is 14.1. The Kier molecular flexibility index (Phi) is 4.92. The molecule has 0 atom stereocenters. The van der Waals surface area contributed by atoms with Gasteiger partial charge in [-0.3, -0.25) is 4.79 Å². The van der Waals surface area contributed by atoms with Crippen molar-refractivity contribution in [1.82, 2.24) is 9.97 Å². The van der Waals surface area contributed by atoms with Crippen LogP contribution in [0.2, 0.25) is 5.28 Å². The Morgan fingerprint density at radius 1 is 1.14 bits per heavy atom. The largest absolute Gasteiger partial charge is 0.481 e. The summed E-state index contributed by atoms with van der Waals surface area (Å²) < 4.78 is 0. The first-order valence-electron chi connectivity index (χ1n) is 10.1. The van der Waals surface area contributed by atoms with Crippen LogP contribution < -0.4 is 4.90 Å². The molecule has 3 aromatic rings. The van der Waals surface area contributed by atoms with Crippen molar-refractivity contribution < 1.29 is 9.90 Å². The molecule has 0 saturated carbocycles. The number of fused-ring (bicyclic) bond motifs is 2. The predicted octanol–water partition coefficient (Wildman–Crippen LogP) is 5.19. The summed E-state index contributed by atoms with van der Waals surface area (Å²) >= 11 is 7.82. The molecule has 7 heteroatoms. The summed E-state index contributed by atoms with van der Waals surface area (Å²) in [6.45, 7) is 1.33. The van der Waals surface area contributed by atoms with Gasteiger partial charge in [-0.1, -0.05) is 18.2 Å². The molecule has 1 fully saturated rings. The van der Waals surface area contributed by atoms with Crippen molar-refractivity contribution in [3.05, 3.63) is 40.0 Å². The van der Waals surface area contributed by atoms with E-state index in [-0.39, 0.29) is 11.2 Å². The van der Waals surface area contributed by atoms with E-state index >= 15 is 0 Å². The standard InChI is InChI=1S/C22H22ClN3O2S/c23-22-24-19(26-9-7-14(8-10-26)21(27)28)18-17(12-29-20(18)25-22)16-6-5-13-3-1-2-4-15(13)11-16/h5-6,11-12,14H,1-4,7-10H2,(H,27,28). The van der Waals surface area contributed by atoms with Gasteiger partial charge in [-0.2, -0.15) is 4.98 Å². The quantitative estimate of drug-likeness (QED) is 0.582. The maximum absolute atomic E-state index is 11.3. The van der Waals surface area contributed by atoms with Gasteiger partial charge in [-0.25, -0.2) is 4.98 Å². The second-order valence-electron chi connectivity index (χ2n) is 7.94. The normalized spacial score (nSPS) is 17.5. The van der Waals surface area contributed by atoms with Crippen molar-refractivity contribution in [2.24, 2.45) is 5.92 Å². The fourth-order valence-electron chi connectivity index (χ4n) is 4.58. The summed E-state index contributed by atoms with van der Waals surface area (Å²) in [5.74, 6) is -0.153. The molecule has 0 radical (unpaired) electrons. The number of aryl methyl sites for hydroxylation is 2. The fourth-order valence-corrected chi connectivity index (χ4v) is 5.74. The van der Waals surface area contributed by atoms with Crippen LogP contribution in [0.5, 0.6) is 0 Å². The number of hydrogen-bond donors (Lipinski definition) is 1. The molecule has 1 saturated heterocycles. The number of aromatic nitrogens is 2. The highest BCUT2D eigenvalue weighted by molar-refractivity contribution is 7.17. The molecule has 29 heavy (non-hydrogen) atoms. The van der Waals surface area contributed by atoms with Crippen LogP contribution in [0.15, 0.2) is 23.6 Å². The molecular formula is C22H22ClN3O2S. The lowest BCUT2D eigenvalue weighted by Crippen LogP contribution is -2.37. The second kappa shape index (κ2) is 7.58. The second-order valence-corrected chi connectivity index (χ2v) is 9.13. The van der Waals surface area contributed by atoms with Crippen LogP contribution in [0, 0.1) is 5.92 Å². The molecule has 1 N–H and O–H groups in total. The van der Waals surface area contributed by atoms with Gasteiger partial charge in [-0.15, -0.1) is 11.3 Å². The number of carbonyl (C=O) groups is 1. The number of thiophene rings is 1. The molecule has 3 heterocycles. The number of piperidine rings is 1. The van der Waals surface area contributed by atoms with Gasteiger partial charge in [0, 0.05) is 24.0 Å². The average Bonchev–Trinajstić information content (AvgIpc) is 3.16. The monoisotopic (exact) mass is 427 g/mol. The van der Waals surface area contributed by atoms with E-state index in [4.69, 9.17) is 11.6 Å². The lowest BCUT2D eigenvalue weighted by molar-refractivity contribution is -0.142. The van der Waals surface area contributed by atoms with Crippen molar-refractivity contribution in [3.8, 4) is 11.1 Å². The minimum absolute atomic E-state index is 0.242. The number of anilines is 1. The Balaban J connectivity index is 1.57. The third-order valence-electron chi connectivity index (χ3n) is 6.19. The lowest BCUT2D eigenvalue weighted by Gasteiger charge is -2.31. The molecule has 0 bridgehead atoms. The zero-order chi connectivity index (χ0) is 20.0. The summed E-state index contributed by atoms with van der Waals surface area (Å²) in [6, 6.07) is 6.80. The topological polar surface area (TPSA) is 66.3 Å². The highest BCUT2D eigenvalue weighted by Crippen LogP contribution is 2.40. The van der Waals surface area contributed by atoms with Crippen LogP contribution in [0.3, 0.4) is 0 Å². The molecule has 5 nitrogen and oxygen atoms in total. The van der Waals surface area contributed by atoms with E-state index < -0.39 is 5.97 Å². The molecule has 2 aromatic heterocycles. The Morgan fingerprint density at radius 2 is 1.90 bits per heavy atom. The number of carboxylic acid groups (broad SMARTS) is 1. The van der Waals surface area contributed by atoms with E-state index in [2.05, 4.69) is 38.4 Å². The Bertz CT molecular complexity index is 1090. The van der Waals surface area contributed by atoms with Gasteiger partial charge in [0.1, 0.15) is 10.6 Å². The molecule has 1 aliphatic carbocycles. The number of aliphatic carboxylic acids is 1. The molecule has 0 amide bonds. The van der Waals surface area contributed by atoms with E-state index in [0.29, 0.717) is 25.9 Å². The van der Waals surface area contributed by atoms with Crippen molar-refractivity contribution in [2.75, 3.05) is 18.0 Å². The van der Waals surface area contributed by atoms with Gasteiger partial charge in [0.2, 0.25) is 5.28 Å². The van der Waals surface area contributed by atoms with E-state index in [1.165, 1.54) is 36.0 Å². The smallest absolute Gasteiger partial charge is 0.306 e. The number of nitrogens with zero attached hydrogens (tertiary/aromatic N) is 3. The Morgan fingerprint density at radius 3 is 2.66 bits per heavy atom. The van der Waals surface area contributed by atoms with E-state index in [1.807, 2.05) is 0 Å².